The summed E-state index contributed by atoms with van der Waals surface area (Å²) in [6.07, 6.45) is 0.132. The fraction of sp³-hybridized carbons (Fsp3) is 0.320. The van der Waals surface area contributed by atoms with Gasteiger partial charge in [0.15, 0.2) is 16.7 Å². The van der Waals surface area contributed by atoms with Crippen LogP contribution < -0.4 is 20.3 Å². The molecule has 0 spiro atoms. The highest BCUT2D eigenvalue weighted by atomic mass is 32.2. The van der Waals surface area contributed by atoms with E-state index in [0.717, 1.165) is 5.56 Å². The lowest BCUT2D eigenvalue weighted by Crippen LogP contribution is -2.33. The molecule has 172 valence electrons. The number of rotatable bonds is 7. The Hall–Kier alpha value is -3.26. The number of nitrogens with zero attached hydrogens (tertiary/aromatic N) is 2. The van der Waals surface area contributed by atoms with Gasteiger partial charge in [-0.15, -0.1) is 0 Å². The second kappa shape index (κ2) is 9.70. The van der Waals surface area contributed by atoms with E-state index in [4.69, 9.17) is 9.47 Å². The Bertz CT molecular complexity index is 1250. The van der Waals surface area contributed by atoms with E-state index in [-0.39, 0.29) is 17.9 Å². The number of aryl methyl sites for hydroxylation is 1. The third-order valence-electron chi connectivity index (χ3n) is 5.81. The fourth-order valence-electron chi connectivity index (χ4n) is 4.11. The molecule has 1 aliphatic heterocycles. The molecule has 8 heteroatoms. The van der Waals surface area contributed by atoms with Crippen molar-refractivity contribution in [2.24, 2.45) is 7.05 Å². The first kappa shape index (κ1) is 22.9. The van der Waals surface area contributed by atoms with Gasteiger partial charge in [-0.1, -0.05) is 48.2 Å². The number of hydrogen-bond donors (Lipinski definition) is 1. The minimum Gasteiger partial charge on any atom is -0.493 e. The van der Waals surface area contributed by atoms with Crippen LogP contribution in [0.2, 0.25) is 0 Å². The number of hydrogen-bond acceptors (Lipinski definition) is 6. The zero-order valence-electron chi connectivity index (χ0n) is 19.2. The molecule has 0 saturated heterocycles. The van der Waals surface area contributed by atoms with Gasteiger partial charge in [-0.05, 0) is 31.0 Å². The molecular weight excluding hydrogens is 438 g/mol. The molecule has 1 aromatic heterocycles. The van der Waals surface area contributed by atoms with Gasteiger partial charge in [0.25, 0.3) is 5.56 Å². The van der Waals surface area contributed by atoms with E-state index in [1.165, 1.54) is 22.9 Å². The van der Waals surface area contributed by atoms with Gasteiger partial charge in [0.2, 0.25) is 5.91 Å². The van der Waals surface area contributed by atoms with Crippen LogP contribution in [-0.2, 0) is 17.6 Å². The summed E-state index contributed by atoms with van der Waals surface area (Å²) in [5.74, 6) is 1.63. The van der Waals surface area contributed by atoms with Crippen molar-refractivity contribution < 1.29 is 14.3 Å². The molecular formula is C25H27N3O4S. The quantitative estimate of drug-likeness (QED) is 0.415. The first-order valence-electron chi connectivity index (χ1n) is 10.8. The van der Waals surface area contributed by atoms with Crippen LogP contribution in [0.4, 0.5) is 5.82 Å². The second-order valence-corrected chi connectivity index (χ2v) is 8.80. The molecule has 0 radical (unpaired) electrons. The SMILES string of the molecule is CCOc1c(OC)cccc1C1CC(=O)Nc2c1c(=O)nc(SCc1ccccc1C)n2C. The number of thioether (sulfide) groups is 1. The van der Waals surface area contributed by atoms with E-state index in [1.54, 1.807) is 17.7 Å². The van der Waals surface area contributed by atoms with Crippen LogP contribution >= 0.6 is 11.8 Å². The van der Waals surface area contributed by atoms with Crippen LogP contribution in [-0.4, -0.2) is 29.2 Å². The lowest BCUT2D eigenvalue weighted by molar-refractivity contribution is -0.116. The summed E-state index contributed by atoms with van der Waals surface area (Å²) >= 11 is 1.47. The van der Waals surface area contributed by atoms with Gasteiger partial charge in [-0.25, -0.2) is 0 Å². The topological polar surface area (TPSA) is 82.4 Å². The fourth-order valence-corrected chi connectivity index (χ4v) is 5.15. The number of anilines is 1. The molecule has 33 heavy (non-hydrogen) atoms. The van der Waals surface area contributed by atoms with Gasteiger partial charge in [0.1, 0.15) is 5.82 Å². The molecule has 4 rings (SSSR count). The van der Waals surface area contributed by atoms with E-state index < -0.39 is 5.92 Å². The standard InChI is InChI=1S/C25H27N3O4S/c1-5-32-22-17(11-8-12-19(22)31-4)18-13-20(29)26-23-21(18)24(30)27-25(28(23)3)33-14-16-10-7-6-9-15(16)2/h6-12,18H,5,13-14H2,1-4H3,(H,26,29). The second-order valence-electron chi connectivity index (χ2n) is 7.85. The Kier molecular flexibility index (Phi) is 6.74. The molecule has 0 fully saturated rings. The first-order chi connectivity index (χ1) is 15.9. The molecule has 1 atom stereocenters. The zero-order valence-corrected chi connectivity index (χ0v) is 20.0. The number of para-hydroxylation sites is 1. The van der Waals surface area contributed by atoms with E-state index in [9.17, 15) is 9.59 Å². The number of amides is 1. The van der Waals surface area contributed by atoms with Crippen LogP contribution in [0.3, 0.4) is 0 Å². The van der Waals surface area contributed by atoms with Gasteiger partial charge < -0.3 is 19.4 Å². The molecule has 1 N–H and O–H groups in total. The lowest BCUT2D eigenvalue weighted by atomic mass is 9.86. The smallest absolute Gasteiger partial charge is 0.279 e. The molecule has 0 bridgehead atoms. The van der Waals surface area contributed by atoms with Gasteiger partial charge >= 0.3 is 0 Å². The number of nitrogens with one attached hydrogen (secondary N) is 1. The number of benzene rings is 2. The van der Waals surface area contributed by atoms with Crippen LogP contribution in [0, 0.1) is 6.92 Å². The van der Waals surface area contributed by atoms with Gasteiger partial charge in [0, 0.05) is 30.7 Å². The highest BCUT2D eigenvalue weighted by molar-refractivity contribution is 7.98. The third-order valence-corrected chi connectivity index (χ3v) is 6.89. The van der Waals surface area contributed by atoms with Crippen LogP contribution in [0.25, 0.3) is 0 Å². The largest absolute Gasteiger partial charge is 0.493 e. The zero-order chi connectivity index (χ0) is 23.5. The Balaban J connectivity index is 1.77. The maximum atomic E-state index is 13.3. The maximum Gasteiger partial charge on any atom is 0.279 e. The van der Waals surface area contributed by atoms with Gasteiger partial charge in [-0.2, -0.15) is 4.98 Å². The first-order valence-corrected chi connectivity index (χ1v) is 11.8. The molecule has 1 aliphatic rings. The maximum absolute atomic E-state index is 13.3. The van der Waals surface area contributed by atoms with Crippen molar-refractivity contribution in [3.63, 3.8) is 0 Å². The van der Waals surface area contributed by atoms with Crippen LogP contribution in [0.5, 0.6) is 11.5 Å². The summed E-state index contributed by atoms with van der Waals surface area (Å²) in [5.41, 5.74) is 3.22. The highest BCUT2D eigenvalue weighted by Crippen LogP contribution is 2.43. The van der Waals surface area contributed by atoms with Crippen LogP contribution in [0.15, 0.2) is 52.4 Å². The highest BCUT2D eigenvalue weighted by Gasteiger charge is 2.34. The van der Waals surface area contributed by atoms with E-state index >= 15 is 0 Å². The predicted molar refractivity (Wildman–Crippen MR) is 129 cm³/mol. The molecule has 7 nitrogen and oxygen atoms in total. The number of fused-ring (bicyclic) bond motifs is 1. The molecule has 1 unspecified atom stereocenters. The van der Waals surface area contributed by atoms with Crippen molar-refractivity contribution in [1.82, 2.24) is 9.55 Å². The predicted octanol–water partition coefficient (Wildman–Crippen LogP) is 4.26. The molecule has 3 aromatic rings. The Morgan fingerprint density at radius 2 is 1.97 bits per heavy atom. The van der Waals surface area contributed by atoms with Crippen LogP contribution in [0.1, 0.15) is 41.5 Å². The molecule has 1 amide bonds. The number of carbonyl (C=O) groups excluding carboxylic acids is 1. The summed E-state index contributed by atoms with van der Waals surface area (Å²) in [6, 6.07) is 13.6. The van der Waals surface area contributed by atoms with Crippen molar-refractivity contribution in [1.29, 1.82) is 0 Å². The van der Waals surface area contributed by atoms with E-state index in [2.05, 4.69) is 29.4 Å². The van der Waals surface area contributed by atoms with E-state index in [1.807, 2.05) is 38.2 Å². The van der Waals surface area contributed by atoms with Crippen molar-refractivity contribution in [3.8, 4) is 11.5 Å². The molecule has 2 heterocycles. The summed E-state index contributed by atoms with van der Waals surface area (Å²) in [6.45, 7) is 4.38. The van der Waals surface area contributed by atoms with E-state index in [0.29, 0.717) is 40.4 Å². The number of carbonyl (C=O) groups is 1. The van der Waals surface area contributed by atoms with Crippen molar-refractivity contribution in [3.05, 3.63) is 75.1 Å². The summed E-state index contributed by atoms with van der Waals surface area (Å²) in [5, 5.41) is 3.45. The lowest BCUT2D eigenvalue weighted by Gasteiger charge is -2.29. The third kappa shape index (κ3) is 4.48. The van der Waals surface area contributed by atoms with Crippen molar-refractivity contribution >= 4 is 23.5 Å². The minimum absolute atomic E-state index is 0.132. The Morgan fingerprint density at radius 3 is 2.70 bits per heavy atom. The minimum atomic E-state index is -0.480. The van der Waals surface area contributed by atoms with Gasteiger partial charge in [0.05, 0.1) is 19.3 Å². The Morgan fingerprint density at radius 1 is 1.18 bits per heavy atom. The summed E-state index contributed by atoms with van der Waals surface area (Å²) < 4.78 is 13.1. The van der Waals surface area contributed by atoms with Crippen molar-refractivity contribution in [2.45, 2.75) is 37.1 Å². The van der Waals surface area contributed by atoms with Gasteiger partial charge in [-0.3, -0.25) is 9.59 Å². The molecule has 2 aromatic carbocycles. The normalized spacial score (nSPS) is 15.0. The number of methoxy groups -OCH3 is 1. The summed E-state index contributed by atoms with van der Waals surface area (Å²) in [7, 11) is 3.39. The average Bonchev–Trinajstić information content (AvgIpc) is 2.81. The Labute approximate surface area is 197 Å². The summed E-state index contributed by atoms with van der Waals surface area (Å²) in [4.78, 5) is 30.4. The molecule has 0 aliphatic carbocycles. The number of aromatic nitrogens is 2. The monoisotopic (exact) mass is 465 g/mol. The van der Waals surface area contributed by atoms with Crippen molar-refractivity contribution in [2.75, 3.05) is 19.0 Å². The molecule has 0 saturated carbocycles. The number of ether oxygens (including phenoxy) is 2. The average molecular weight is 466 g/mol.